The number of nitrogens with zero attached hydrogens (tertiary/aromatic N) is 4. The molecule has 0 radical (unpaired) electrons. The maximum atomic E-state index is 4.13. The molecule has 5 heteroatoms. The van der Waals surface area contributed by atoms with Gasteiger partial charge < -0.3 is 0 Å². The molecule has 0 N–H and O–H groups in total. The third-order valence-electron chi connectivity index (χ3n) is 3.02. The topological polar surface area (TPSA) is 43.6 Å². The first-order valence-electron chi connectivity index (χ1n) is 5.95. The van der Waals surface area contributed by atoms with Crippen molar-refractivity contribution in [2.24, 2.45) is 0 Å². The van der Waals surface area contributed by atoms with Crippen LogP contribution in [0.1, 0.15) is 5.56 Å². The average molecular weight is 440 g/mol. The number of hydrogen-bond acceptors (Lipinski definition) is 3. The summed E-state index contributed by atoms with van der Waals surface area (Å²) >= 11 is 0.557. The van der Waals surface area contributed by atoms with E-state index >= 15 is 0 Å². The Morgan fingerprint density at radius 3 is 2.26 bits per heavy atom. The van der Waals surface area contributed by atoms with E-state index < -0.39 is 0 Å². The zero-order valence-corrected chi connectivity index (χ0v) is 15.0. The SMILES string of the molecule is Cc1ccc(-c2ccccc2-c2nnn[n]2[Tl])cc1. The molecule has 0 aliphatic rings. The molecule has 90 valence electrons. The fraction of sp³-hybridized carbons (Fsp3) is 0.0714. The summed E-state index contributed by atoms with van der Waals surface area (Å²) in [4.78, 5) is 0. The summed E-state index contributed by atoms with van der Waals surface area (Å²) in [6, 6.07) is 16.8. The Bertz CT molecular complexity index is 703. The number of hydrogen-bond donors (Lipinski definition) is 0. The van der Waals surface area contributed by atoms with E-state index in [0.717, 1.165) is 11.4 Å². The monoisotopic (exact) mass is 440 g/mol. The predicted octanol–water partition coefficient (Wildman–Crippen LogP) is 2.25. The molecular weight excluding hydrogens is 429 g/mol. The van der Waals surface area contributed by atoms with Gasteiger partial charge in [0.15, 0.2) is 0 Å². The van der Waals surface area contributed by atoms with Gasteiger partial charge in [0, 0.05) is 0 Å². The van der Waals surface area contributed by atoms with Gasteiger partial charge in [-0.25, -0.2) is 0 Å². The van der Waals surface area contributed by atoms with Crippen LogP contribution in [-0.4, -0.2) is 44.1 Å². The van der Waals surface area contributed by atoms with Crippen molar-refractivity contribution in [2.45, 2.75) is 6.92 Å². The molecule has 1 heterocycles. The van der Waals surface area contributed by atoms with Crippen molar-refractivity contribution in [1.29, 1.82) is 0 Å². The van der Waals surface area contributed by atoms with Crippen LogP contribution in [0.25, 0.3) is 22.5 Å². The van der Waals surface area contributed by atoms with Gasteiger partial charge in [0.25, 0.3) is 0 Å². The number of aromatic nitrogens is 4. The van der Waals surface area contributed by atoms with Crippen molar-refractivity contribution < 1.29 is 0 Å². The van der Waals surface area contributed by atoms with E-state index in [1.54, 1.807) is 0 Å². The molecule has 3 aromatic rings. The molecule has 0 saturated heterocycles. The molecule has 0 amide bonds. The van der Waals surface area contributed by atoms with E-state index in [-0.39, 0.29) is 0 Å². The molecule has 0 unspecified atom stereocenters. The van der Waals surface area contributed by atoms with E-state index in [4.69, 9.17) is 0 Å². The van der Waals surface area contributed by atoms with Crippen LogP contribution in [0, 0.1) is 6.92 Å². The first kappa shape index (κ1) is 12.5. The van der Waals surface area contributed by atoms with Crippen molar-refractivity contribution in [3.05, 3.63) is 54.1 Å². The summed E-state index contributed by atoms with van der Waals surface area (Å²) in [6.07, 6.45) is 0. The molecular formula is C14H11N4Tl. The van der Waals surface area contributed by atoms with Crippen LogP contribution in [0.2, 0.25) is 0 Å². The molecule has 3 rings (SSSR count). The summed E-state index contributed by atoms with van der Waals surface area (Å²) in [6.45, 7) is 2.09. The van der Waals surface area contributed by atoms with E-state index in [0.29, 0.717) is 26.1 Å². The molecule has 0 fully saturated rings. The van der Waals surface area contributed by atoms with Crippen molar-refractivity contribution in [3.8, 4) is 22.5 Å². The third kappa shape index (κ3) is 2.44. The fourth-order valence-electron chi connectivity index (χ4n) is 2.03. The van der Waals surface area contributed by atoms with Crippen molar-refractivity contribution in [3.63, 3.8) is 0 Å². The van der Waals surface area contributed by atoms with Gasteiger partial charge in [-0.15, -0.1) is 0 Å². The minimum absolute atomic E-state index is 0.557. The quantitative estimate of drug-likeness (QED) is 0.575. The first-order valence-corrected chi connectivity index (χ1v) is 7.96. The fourth-order valence-corrected chi connectivity index (χ4v) is 2.95. The zero-order valence-electron chi connectivity index (χ0n) is 10.5. The number of rotatable bonds is 2. The van der Waals surface area contributed by atoms with Gasteiger partial charge in [0.05, 0.1) is 0 Å². The molecule has 19 heavy (non-hydrogen) atoms. The number of tetrazole rings is 1. The summed E-state index contributed by atoms with van der Waals surface area (Å²) in [5, 5.41) is 11.9. The van der Waals surface area contributed by atoms with Gasteiger partial charge >= 0.3 is 128 Å². The van der Waals surface area contributed by atoms with Crippen LogP contribution in [0.15, 0.2) is 48.5 Å². The Hall–Kier alpha value is -1.57. The summed E-state index contributed by atoms with van der Waals surface area (Å²) in [5.41, 5.74) is 4.70. The molecule has 0 aliphatic carbocycles. The van der Waals surface area contributed by atoms with Crippen LogP contribution < -0.4 is 0 Å². The summed E-state index contributed by atoms with van der Waals surface area (Å²) in [7, 11) is 0. The van der Waals surface area contributed by atoms with Gasteiger partial charge in [-0.05, 0) is 0 Å². The molecule has 0 spiro atoms. The Balaban J connectivity index is 2.18. The summed E-state index contributed by atoms with van der Waals surface area (Å²) in [5.74, 6) is 0.848. The Kier molecular flexibility index (Phi) is 3.41. The van der Waals surface area contributed by atoms with Gasteiger partial charge in [-0.2, -0.15) is 0 Å². The molecule has 0 bridgehead atoms. The second-order valence-electron chi connectivity index (χ2n) is 4.36. The minimum atomic E-state index is 0.557. The Morgan fingerprint density at radius 1 is 0.947 bits per heavy atom. The van der Waals surface area contributed by atoms with E-state index in [2.05, 4.69) is 58.8 Å². The molecule has 2 aromatic carbocycles. The molecule has 0 aliphatic heterocycles. The van der Waals surface area contributed by atoms with Crippen LogP contribution in [0.4, 0.5) is 0 Å². The standard InChI is InChI=1S/C14H11N4.Tl/c1-10-6-8-11(9-7-10)12-4-2-3-5-13(12)14-15-17-18-16-14;/h2-9H,1H3;/q-1;+1. The third-order valence-corrected chi connectivity index (χ3v) is 4.38. The Morgan fingerprint density at radius 2 is 1.63 bits per heavy atom. The molecule has 0 atom stereocenters. The van der Waals surface area contributed by atoms with E-state index in [1.807, 2.05) is 14.6 Å². The van der Waals surface area contributed by atoms with Gasteiger partial charge in [-0.1, -0.05) is 0 Å². The van der Waals surface area contributed by atoms with Gasteiger partial charge in [-0.3, -0.25) is 0 Å². The van der Waals surface area contributed by atoms with E-state index in [1.165, 1.54) is 16.7 Å². The first-order chi connectivity index (χ1) is 9.25. The van der Waals surface area contributed by atoms with E-state index in [9.17, 15) is 0 Å². The van der Waals surface area contributed by atoms with Crippen LogP contribution in [0.3, 0.4) is 0 Å². The second kappa shape index (κ2) is 5.20. The van der Waals surface area contributed by atoms with Gasteiger partial charge in [0.1, 0.15) is 0 Å². The molecule has 1 aromatic heterocycles. The second-order valence-corrected chi connectivity index (χ2v) is 6.26. The Labute approximate surface area is 127 Å². The number of benzene rings is 2. The van der Waals surface area contributed by atoms with Crippen molar-refractivity contribution >= 4 is 26.1 Å². The van der Waals surface area contributed by atoms with Crippen molar-refractivity contribution in [2.75, 3.05) is 0 Å². The number of aryl methyl sites for hydroxylation is 1. The van der Waals surface area contributed by atoms with Crippen LogP contribution in [0.5, 0.6) is 0 Å². The van der Waals surface area contributed by atoms with Crippen LogP contribution >= 0.6 is 0 Å². The van der Waals surface area contributed by atoms with Crippen LogP contribution in [-0.2, 0) is 0 Å². The van der Waals surface area contributed by atoms with Gasteiger partial charge in [0.2, 0.25) is 0 Å². The normalized spacial score (nSPS) is 10.5. The maximum absolute atomic E-state index is 4.13. The zero-order chi connectivity index (χ0) is 13.2. The molecule has 4 nitrogen and oxygen atoms in total. The molecule has 0 saturated carbocycles. The predicted molar refractivity (Wildman–Crippen MR) is 74.6 cm³/mol. The van der Waals surface area contributed by atoms with Crippen molar-refractivity contribution in [1.82, 2.24) is 18.0 Å². The average Bonchev–Trinajstić information content (AvgIpc) is 2.86. The summed E-state index contributed by atoms with van der Waals surface area (Å²) < 4.78 is 1.85.